The van der Waals surface area contributed by atoms with Crippen molar-refractivity contribution < 1.29 is 14.1 Å². The Morgan fingerprint density at radius 1 is 1.38 bits per heavy atom. The first-order chi connectivity index (χ1) is 10.0. The van der Waals surface area contributed by atoms with Crippen LogP contribution in [0.4, 0.5) is 5.88 Å². The van der Waals surface area contributed by atoms with E-state index in [-0.39, 0.29) is 18.9 Å². The molecule has 0 radical (unpaired) electrons. The van der Waals surface area contributed by atoms with E-state index in [2.05, 4.69) is 5.16 Å². The first kappa shape index (κ1) is 13.4. The number of aryl methyl sites for hydroxylation is 1. The highest BCUT2D eigenvalue weighted by atomic mass is 16.5. The van der Waals surface area contributed by atoms with Crippen LogP contribution in [0.1, 0.15) is 12.0 Å². The second kappa shape index (κ2) is 5.05. The van der Waals surface area contributed by atoms with Crippen molar-refractivity contribution in [2.24, 2.45) is 11.7 Å². The van der Waals surface area contributed by atoms with Crippen LogP contribution in [-0.4, -0.2) is 23.5 Å². The molecule has 6 heteroatoms. The minimum atomic E-state index is -0.468. The summed E-state index contributed by atoms with van der Waals surface area (Å²) in [5, 5.41) is 3.98. The number of hydrogen-bond acceptors (Lipinski definition) is 4. The Kier molecular flexibility index (Phi) is 3.21. The minimum Gasteiger partial charge on any atom is -0.369 e. The SMILES string of the molecule is Cc1ccc(-c2cc(N3CC(C(N)=O)CC3=O)on2)cc1. The molecule has 108 valence electrons. The molecule has 0 aliphatic carbocycles. The summed E-state index contributed by atoms with van der Waals surface area (Å²) in [4.78, 5) is 24.5. The van der Waals surface area contributed by atoms with E-state index in [0.29, 0.717) is 11.6 Å². The molecule has 21 heavy (non-hydrogen) atoms. The van der Waals surface area contributed by atoms with Gasteiger partial charge in [0.05, 0.1) is 5.92 Å². The molecule has 1 aromatic carbocycles. The van der Waals surface area contributed by atoms with E-state index in [0.717, 1.165) is 11.1 Å². The smallest absolute Gasteiger partial charge is 0.234 e. The molecule has 2 heterocycles. The van der Waals surface area contributed by atoms with E-state index in [1.54, 1.807) is 6.07 Å². The van der Waals surface area contributed by atoms with Gasteiger partial charge in [0.15, 0.2) is 0 Å². The maximum absolute atomic E-state index is 11.9. The molecule has 6 nitrogen and oxygen atoms in total. The van der Waals surface area contributed by atoms with E-state index in [1.807, 2.05) is 31.2 Å². The first-order valence-corrected chi connectivity index (χ1v) is 6.68. The summed E-state index contributed by atoms with van der Waals surface area (Å²) in [6.45, 7) is 2.25. The van der Waals surface area contributed by atoms with Gasteiger partial charge in [0.1, 0.15) is 5.69 Å². The summed E-state index contributed by atoms with van der Waals surface area (Å²) in [7, 11) is 0. The Hall–Kier alpha value is -2.63. The molecule has 2 amide bonds. The number of benzene rings is 1. The zero-order valence-electron chi connectivity index (χ0n) is 11.6. The molecule has 0 saturated carbocycles. The normalized spacial score (nSPS) is 18.2. The molecule has 1 atom stereocenters. The number of amides is 2. The fourth-order valence-corrected chi connectivity index (χ4v) is 2.36. The van der Waals surface area contributed by atoms with Gasteiger partial charge >= 0.3 is 0 Å². The predicted molar refractivity (Wildman–Crippen MR) is 76.3 cm³/mol. The summed E-state index contributed by atoms with van der Waals surface area (Å²) in [6, 6.07) is 9.54. The molecular weight excluding hydrogens is 270 g/mol. The van der Waals surface area contributed by atoms with E-state index >= 15 is 0 Å². The van der Waals surface area contributed by atoms with Crippen LogP contribution in [0.15, 0.2) is 34.9 Å². The number of anilines is 1. The van der Waals surface area contributed by atoms with Crippen LogP contribution in [0.25, 0.3) is 11.3 Å². The highest BCUT2D eigenvalue weighted by molar-refractivity contribution is 5.99. The maximum atomic E-state index is 11.9. The van der Waals surface area contributed by atoms with Crippen LogP contribution in [-0.2, 0) is 9.59 Å². The van der Waals surface area contributed by atoms with Gasteiger partial charge in [-0.1, -0.05) is 35.0 Å². The topological polar surface area (TPSA) is 89.4 Å². The molecule has 1 aromatic heterocycles. The lowest BCUT2D eigenvalue weighted by atomic mass is 10.1. The van der Waals surface area contributed by atoms with Crippen LogP contribution in [0.2, 0.25) is 0 Å². The number of nitrogens with zero attached hydrogens (tertiary/aromatic N) is 2. The summed E-state index contributed by atoms with van der Waals surface area (Å²) in [6.07, 6.45) is 0.121. The second-order valence-electron chi connectivity index (χ2n) is 5.22. The van der Waals surface area contributed by atoms with Crippen LogP contribution < -0.4 is 10.6 Å². The van der Waals surface area contributed by atoms with E-state index in [1.165, 1.54) is 4.90 Å². The summed E-state index contributed by atoms with van der Waals surface area (Å²) >= 11 is 0. The van der Waals surface area contributed by atoms with Crippen LogP contribution in [0.3, 0.4) is 0 Å². The lowest BCUT2D eigenvalue weighted by Gasteiger charge is -2.10. The van der Waals surface area contributed by atoms with Gasteiger partial charge in [-0.3, -0.25) is 14.5 Å². The number of carbonyl (C=O) groups excluding carboxylic acids is 2. The lowest BCUT2D eigenvalue weighted by Crippen LogP contribution is -2.28. The van der Waals surface area contributed by atoms with Crippen molar-refractivity contribution in [2.45, 2.75) is 13.3 Å². The molecular formula is C15H15N3O3. The molecule has 3 rings (SSSR count). The molecule has 1 aliphatic heterocycles. The average Bonchev–Trinajstić information content (AvgIpc) is 3.06. The van der Waals surface area contributed by atoms with Crippen molar-refractivity contribution in [3.63, 3.8) is 0 Å². The quantitative estimate of drug-likeness (QED) is 0.925. The summed E-state index contributed by atoms with van der Waals surface area (Å²) < 4.78 is 5.23. The van der Waals surface area contributed by atoms with Gasteiger partial charge < -0.3 is 10.3 Å². The second-order valence-corrected chi connectivity index (χ2v) is 5.22. The highest BCUT2D eigenvalue weighted by Crippen LogP contribution is 2.29. The van der Waals surface area contributed by atoms with Gasteiger partial charge in [-0.15, -0.1) is 0 Å². The lowest BCUT2D eigenvalue weighted by molar-refractivity contribution is -0.123. The molecule has 0 spiro atoms. The molecule has 0 bridgehead atoms. The van der Waals surface area contributed by atoms with Crippen LogP contribution in [0, 0.1) is 12.8 Å². The number of hydrogen-bond donors (Lipinski definition) is 1. The maximum Gasteiger partial charge on any atom is 0.234 e. The van der Waals surface area contributed by atoms with E-state index < -0.39 is 11.8 Å². The van der Waals surface area contributed by atoms with Crippen molar-refractivity contribution in [2.75, 3.05) is 11.4 Å². The fourth-order valence-electron chi connectivity index (χ4n) is 2.36. The number of rotatable bonds is 3. The van der Waals surface area contributed by atoms with Gasteiger partial charge in [0.25, 0.3) is 0 Å². The Labute approximate surface area is 121 Å². The Morgan fingerprint density at radius 3 is 2.71 bits per heavy atom. The zero-order valence-corrected chi connectivity index (χ0v) is 11.6. The third-order valence-electron chi connectivity index (χ3n) is 3.64. The monoisotopic (exact) mass is 285 g/mol. The summed E-state index contributed by atoms with van der Waals surface area (Å²) in [5.41, 5.74) is 7.96. The van der Waals surface area contributed by atoms with Gasteiger partial charge in [-0.25, -0.2) is 0 Å². The first-order valence-electron chi connectivity index (χ1n) is 6.68. The van der Waals surface area contributed by atoms with Gasteiger partial charge in [0, 0.05) is 24.6 Å². The van der Waals surface area contributed by atoms with E-state index in [4.69, 9.17) is 10.3 Å². The Balaban J connectivity index is 1.84. The molecule has 1 saturated heterocycles. The average molecular weight is 285 g/mol. The van der Waals surface area contributed by atoms with Crippen molar-refractivity contribution in [3.8, 4) is 11.3 Å². The Bertz CT molecular complexity index is 690. The Morgan fingerprint density at radius 2 is 2.10 bits per heavy atom. The minimum absolute atomic E-state index is 0.121. The summed E-state index contributed by atoms with van der Waals surface area (Å²) in [5.74, 6) is -0.765. The molecule has 1 unspecified atom stereocenters. The number of aromatic nitrogens is 1. The number of carbonyl (C=O) groups is 2. The zero-order chi connectivity index (χ0) is 15.0. The van der Waals surface area contributed by atoms with Crippen molar-refractivity contribution >= 4 is 17.7 Å². The van der Waals surface area contributed by atoms with Crippen molar-refractivity contribution in [1.29, 1.82) is 0 Å². The van der Waals surface area contributed by atoms with Crippen molar-refractivity contribution in [1.82, 2.24) is 5.16 Å². The molecule has 2 aromatic rings. The standard InChI is InChI=1S/C15H15N3O3/c1-9-2-4-10(5-3-9)12-7-14(21-17-12)18-8-11(15(16)20)6-13(18)19/h2-5,7,11H,6,8H2,1H3,(H2,16,20). The molecule has 1 fully saturated rings. The highest BCUT2D eigenvalue weighted by Gasteiger charge is 2.35. The molecule has 2 N–H and O–H groups in total. The van der Waals surface area contributed by atoms with Gasteiger partial charge in [-0.2, -0.15) is 0 Å². The third-order valence-corrected chi connectivity index (χ3v) is 3.64. The van der Waals surface area contributed by atoms with Gasteiger partial charge in [0.2, 0.25) is 17.7 Å². The molecule has 1 aliphatic rings. The predicted octanol–water partition coefficient (Wildman–Crippen LogP) is 1.49. The number of primary amides is 1. The van der Waals surface area contributed by atoms with Crippen molar-refractivity contribution in [3.05, 3.63) is 35.9 Å². The van der Waals surface area contributed by atoms with E-state index in [9.17, 15) is 9.59 Å². The number of nitrogens with two attached hydrogens (primary N) is 1. The van der Waals surface area contributed by atoms with Crippen LogP contribution >= 0.6 is 0 Å². The van der Waals surface area contributed by atoms with Gasteiger partial charge in [-0.05, 0) is 6.92 Å². The largest absolute Gasteiger partial charge is 0.369 e. The fraction of sp³-hybridized carbons (Fsp3) is 0.267. The van der Waals surface area contributed by atoms with Crippen LogP contribution in [0.5, 0.6) is 0 Å². The third kappa shape index (κ3) is 2.52.